The molecule has 29 heavy (non-hydrogen) atoms. The number of carbonyl (C=O) groups excluding carboxylic acids is 2. The van der Waals surface area contributed by atoms with Gasteiger partial charge in [-0.05, 0) is 44.2 Å². The summed E-state index contributed by atoms with van der Waals surface area (Å²) in [5, 5.41) is 2.82. The van der Waals surface area contributed by atoms with Gasteiger partial charge in [0.2, 0.25) is 12.7 Å². The van der Waals surface area contributed by atoms with Gasteiger partial charge < -0.3 is 24.6 Å². The lowest BCUT2D eigenvalue weighted by molar-refractivity contribution is -0.908. The molecule has 0 bridgehead atoms. The fourth-order valence-electron chi connectivity index (χ4n) is 3.20. The van der Waals surface area contributed by atoms with E-state index < -0.39 is 0 Å². The molecule has 2 aromatic rings. The zero-order valence-corrected chi connectivity index (χ0v) is 17.3. The topological polar surface area (TPSA) is 72.3 Å². The van der Waals surface area contributed by atoms with Gasteiger partial charge in [0.05, 0.1) is 13.6 Å². The van der Waals surface area contributed by atoms with Crippen LogP contribution in [0.25, 0.3) is 0 Å². The largest absolute Gasteiger partial charge is 0.454 e. The van der Waals surface area contributed by atoms with Crippen LogP contribution in [0.15, 0.2) is 42.5 Å². The summed E-state index contributed by atoms with van der Waals surface area (Å²) in [4.78, 5) is 27.5. The van der Waals surface area contributed by atoms with Gasteiger partial charge in [-0.25, -0.2) is 0 Å². The van der Waals surface area contributed by atoms with Gasteiger partial charge in [-0.15, -0.1) is 0 Å². The summed E-state index contributed by atoms with van der Waals surface area (Å²) in [5.41, 5.74) is 2.91. The molecule has 0 radical (unpaired) electrons. The number of carbonyl (C=O) groups is 2. The Morgan fingerprint density at radius 2 is 1.83 bits per heavy atom. The molecule has 1 unspecified atom stereocenters. The maximum Gasteiger partial charge on any atom is 0.280 e. The minimum Gasteiger partial charge on any atom is -0.454 e. The number of anilines is 1. The summed E-state index contributed by atoms with van der Waals surface area (Å²) >= 11 is 0. The lowest BCUT2D eigenvalue weighted by Gasteiger charge is -2.25. The number of hydrogen-bond donors (Lipinski definition) is 2. The van der Waals surface area contributed by atoms with Gasteiger partial charge in [0, 0.05) is 18.3 Å². The molecular formula is C22H28N3O4+. The van der Waals surface area contributed by atoms with E-state index in [2.05, 4.69) is 5.32 Å². The Labute approximate surface area is 171 Å². The van der Waals surface area contributed by atoms with Crippen molar-refractivity contribution in [2.24, 2.45) is 0 Å². The first-order valence-electron chi connectivity index (χ1n) is 9.66. The number of amides is 2. The van der Waals surface area contributed by atoms with Gasteiger partial charge in [-0.3, -0.25) is 9.59 Å². The number of nitrogens with one attached hydrogen (secondary N) is 2. The molecule has 3 rings (SSSR count). The Morgan fingerprint density at radius 1 is 1.14 bits per heavy atom. The van der Waals surface area contributed by atoms with Crippen molar-refractivity contribution in [3.63, 3.8) is 0 Å². The van der Waals surface area contributed by atoms with Crippen molar-refractivity contribution in [3.8, 4) is 11.5 Å². The SMILES string of the molecule is Cc1ccc(NC(=O)CN(C)C(=O)[C@H](C)[NH+](C)Cc2ccc3c(c2)OCO3)cc1. The van der Waals surface area contributed by atoms with Crippen LogP contribution in [0.5, 0.6) is 11.5 Å². The van der Waals surface area contributed by atoms with E-state index in [0.717, 1.165) is 33.2 Å². The van der Waals surface area contributed by atoms with Crippen LogP contribution in [0, 0.1) is 6.92 Å². The second-order valence-corrected chi connectivity index (χ2v) is 7.54. The van der Waals surface area contributed by atoms with Crippen LogP contribution in [-0.4, -0.2) is 50.2 Å². The molecule has 2 amide bonds. The highest BCUT2D eigenvalue weighted by Gasteiger charge is 2.27. The van der Waals surface area contributed by atoms with Crippen LogP contribution in [0.3, 0.4) is 0 Å². The molecule has 2 atom stereocenters. The van der Waals surface area contributed by atoms with Gasteiger partial charge in [0.15, 0.2) is 17.5 Å². The highest BCUT2D eigenvalue weighted by molar-refractivity contribution is 5.94. The molecule has 0 saturated heterocycles. The normalized spacial score (nSPS) is 14.2. The van der Waals surface area contributed by atoms with E-state index in [1.807, 2.05) is 63.4 Å². The fourth-order valence-corrected chi connectivity index (χ4v) is 3.20. The molecule has 2 N–H and O–H groups in total. The Morgan fingerprint density at radius 3 is 2.55 bits per heavy atom. The zero-order valence-electron chi connectivity index (χ0n) is 17.3. The minimum absolute atomic E-state index is 0.00829. The average molecular weight is 398 g/mol. The predicted octanol–water partition coefficient (Wildman–Crippen LogP) is 1.22. The molecular weight excluding hydrogens is 370 g/mol. The van der Waals surface area contributed by atoms with Crippen molar-refractivity contribution < 1.29 is 24.0 Å². The summed E-state index contributed by atoms with van der Waals surface area (Å²) < 4.78 is 10.7. The number of likely N-dealkylation sites (N-methyl/N-ethyl adjacent to an activating group) is 2. The predicted molar refractivity (Wildman–Crippen MR) is 110 cm³/mol. The highest BCUT2D eigenvalue weighted by Crippen LogP contribution is 2.32. The Kier molecular flexibility index (Phi) is 6.39. The Bertz CT molecular complexity index is 882. The zero-order chi connectivity index (χ0) is 21.0. The molecule has 2 aromatic carbocycles. The maximum atomic E-state index is 12.8. The van der Waals surface area contributed by atoms with Crippen LogP contribution in [0.1, 0.15) is 18.1 Å². The first kappa shape index (κ1) is 20.7. The molecule has 0 aromatic heterocycles. The third-order valence-corrected chi connectivity index (χ3v) is 5.12. The van der Waals surface area contributed by atoms with Crippen molar-refractivity contribution in [1.29, 1.82) is 0 Å². The molecule has 0 spiro atoms. The quantitative estimate of drug-likeness (QED) is 0.736. The lowest BCUT2D eigenvalue weighted by Crippen LogP contribution is -3.12. The number of rotatable bonds is 7. The van der Waals surface area contributed by atoms with Crippen molar-refractivity contribution in [1.82, 2.24) is 4.90 Å². The second kappa shape index (κ2) is 8.96. The van der Waals surface area contributed by atoms with Crippen molar-refractivity contribution in [2.45, 2.75) is 26.4 Å². The standard InChI is InChI=1S/C22H27N3O4/c1-15-5-8-18(9-6-15)23-21(26)13-25(4)22(27)16(2)24(3)12-17-7-10-19-20(11-17)29-14-28-19/h5-11,16H,12-14H2,1-4H3,(H,23,26)/p+1/t16-/m0/s1. The number of ether oxygens (including phenoxy) is 2. The number of aryl methyl sites for hydroxylation is 1. The average Bonchev–Trinajstić information content (AvgIpc) is 3.16. The van der Waals surface area contributed by atoms with Crippen LogP contribution in [0.4, 0.5) is 5.69 Å². The Balaban J connectivity index is 1.52. The molecule has 1 heterocycles. The molecule has 1 aliphatic heterocycles. The van der Waals surface area contributed by atoms with E-state index in [1.54, 1.807) is 7.05 Å². The third kappa shape index (κ3) is 5.26. The smallest absolute Gasteiger partial charge is 0.280 e. The van der Waals surface area contributed by atoms with E-state index >= 15 is 0 Å². The van der Waals surface area contributed by atoms with Crippen LogP contribution in [0.2, 0.25) is 0 Å². The fraction of sp³-hybridized carbons (Fsp3) is 0.364. The first-order valence-corrected chi connectivity index (χ1v) is 9.66. The highest BCUT2D eigenvalue weighted by atomic mass is 16.7. The number of nitrogens with zero attached hydrogens (tertiary/aromatic N) is 1. The van der Waals surface area contributed by atoms with Gasteiger partial charge in [0.25, 0.3) is 5.91 Å². The van der Waals surface area contributed by atoms with Crippen LogP contribution >= 0.6 is 0 Å². The number of quaternary nitrogens is 1. The van der Waals surface area contributed by atoms with Gasteiger partial charge in [-0.2, -0.15) is 0 Å². The molecule has 0 fully saturated rings. The summed E-state index contributed by atoms with van der Waals surface area (Å²) in [6.07, 6.45) is 0. The third-order valence-electron chi connectivity index (χ3n) is 5.12. The van der Waals surface area contributed by atoms with E-state index in [0.29, 0.717) is 6.54 Å². The van der Waals surface area contributed by atoms with E-state index in [-0.39, 0.29) is 31.2 Å². The van der Waals surface area contributed by atoms with Gasteiger partial charge in [-0.1, -0.05) is 17.7 Å². The lowest BCUT2D eigenvalue weighted by atomic mass is 10.1. The number of fused-ring (bicyclic) bond motifs is 1. The molecule has 1 aliphatic rings. The molecule has 154 valence electrons. The number of benzene rings is 2. The van der Waals surface area contributed by atoms with Crippen molar-refractivity contribution in [2.75, 3.05) is 32.7 Å². The van der Waals surface area contributed by atoms with Gasteiger partial charge >= 0.3 is 0 Å². The van der Waals surface area contributed by atoms with E-state index in [4.69, 9.17) is 9.47 Å². The maximum absolute atomic E-state index is 12.8. The van der Waals surface area contributed by atoms with Crippen LogP contribution in [-0.2, 0) is 16.1 Å². The second-order valence-electron chi connectivity index (χ2n) is 7.54. The molecule has 7 heteroatoms. The first-order chi connectivity index (χ1) is 13.8. The van der Waals surface area contributed by atoms with Crippen LogP contribution < -0.4 is 19.7 Å². The summed E-state index contributed by atoms with van der Waals surface area (Å²) in [5.74, 6) is 1.18. The molecule has 0 aliphatic carbocycles. The number of hydrogen-bond acceptors (Lipinski definition) is 4. The molecule has 7 nitrogen and oxygen atoms in total. The molecule has 0 saturated carbocycles. The van der Waals surface area contributed by atoms with E-state index in [1.165, 1.54) is 4.90 Å². The van der Waals surface area contributed by atoms with Gasteiger partial charge in [0.1, 0.15) is 6.54 Å². The minimum atomic E-state index is -0.294. The van der Waals surface area contributed by atoms with Crippen molar-refractivity contribution in [3.05, 3.63) is 53.6 Å². The Hall–Kier alpha value is -3.06. The summed E-state index contributed by atoms with van der Waals surface area (Å²) in [6, 6.07) is 13.1. The summed E-state index contributed by atoms with van der Waals surface area (Å²) in [6.45, 7) is 4.77. The van der Waals surface area contributed by atoms with Crippen molar-refractivity contribution >= 4 is 17.5 Å². The van der Waals surface area contributed by atoms with E-state index in [9.17, 15) is 9.59 Å². The monoisotopic (exact) mass is 398 g/mol. The summed E-state index contributed by atoms with van der Waals surface area (Å²) in [7, 11) is 3.62.